The van der Waals surface area contributed by atoms with Gasteiger partial charge in [-0.05, 0) is 47.0 Å². The molecule has 2 nitrogen and oxygen atoms in total. The van der Waals surface area contributed by atoms with Crippen LogP contribution in [0, 0.1) is 6.92 Å². The molecule has 0 atom stereocenters. The van der Waals surface area contributed by atoms with E-state index in [9.17, 15) is 0 Å². The summed E-state index contributed by atoms with van der Waals surface area (Å²) < 4.78 is 1.98. The second kappa shape index (κ2) is 4.80. The van der Waals surface area contributed by atoms with Crippen LogP contribution in [-0.2, 0) is 6.42 Å². The Morgan fingerprint density at radius 3 is 2.62 bits per heavy atom. The molecule has 2 rings (SSSR count). The molecule has 1 aromatic carbocycles. The largest absolute Gasteiger partial charge is 0.233 e. The third kappa shape index (κ3) is 2.13. The monoisotopic (exact) mass is 342 g/mol. The fourth-order valence-electron chi connectivity index (χ4n) is 1.65. The van der Waals surface area contributed by atoms with E-state index in [0.717, 1.165) is 44.2 Å². The number of nitrogens with zero attached hydrogens (tertiary/aromatic N) is 2. The molecule has 0 aliphatic rings. The third-order valence-corrected chi connectivity index (χ3v) is 3.99. The lowest BCUT2D eigenvalue weighted by Gasteiger charge is -2.07. The predicted octanol–water partition coefficient (Wildman–Crippen LogP) is 4.42. The summed E-state index contributed by atoms with van der Waals surface area (Å²) in [6.07, 6.45) is 1.98. The molecule has 0 aliphatic heterocycles. The summed E-state index contributed by atoms with van der Waals surface area (Å²) in [6, 6.07) is 4.07. The Bertz CT molecular complexity index is 538. The Kier molecular flexibility index (Phi) is 3.60. The highest BCUT2D eigenvalue weighted by molar-refractivity contribution is 9.11. The molecule has 0 N–H and O–H groups in total. The number of hydrogen-bond acceptors (Lipinski definition) is 2. The zero-order chi connectivity index (χ0) is 11.7. The Hall–Kier alpha value is -0.480. The van der Waals surface area contributed by atoms with Gasteiger partial charge in [0.15, 0.2) is 0 Å². The molecular weight excluding hydrogens is 332 g/mol. The van der Waals surface area contributed by atoms with Gasteiger partial charge in [-0.2, -0.15) is 0 Å². The van der Waals surface area contributed by atoms with E-state index >= 15 is 0 Å². The second-order valence-corrected chi connectivity index (χ2v) is 5.35. The molecule has 0 fully saturated rings. The Morgan fingerprint density at radius 2 is 1.94 bits per heavy atom. The molecule has 0 aliphatic carbocycles. The molecule has 1 aromatic heterocycles. The zero-order valence-electron chi connectivity index (χ0n) is 9.22. The molecule has 84 valence electrons. The molecule has 0 amide bonds. The van der Waals surface area contributed by atoms with E-state index in [1.54, 1.807) is 0 Å². The first kappa shape index (κ1) is 12.0. The van der Waals surface area contributed by atoms with Gasteiger partial charge in [-0.3, -0.25) is 0 Å². The minimum absolute atomic E-state index is 0.886. The van der Waals surface area contributed by atoms with Crippen LogP contribution in [0.1, 0.15) is 24.7 Å². The van der Waals surface area contributed by atoms with E-state index < -0.39 is 0 Å². The van der Waals surface area contributed by atoms with Gasteiger partial charge in [-0.25, -0.2) is 9.97 Å². The summed E-state index contributed by atoms with van der Waals surface area (Å²) >= 11 is 7.04. The zero-order valence-corrected chi connectivity index (χ0v) is 12.4. The second-order valence-electron chi connectivity index (χ2n) is 3.75. The van der Waals surface area contributed by atoms with Crippen molar-refractivity contribution in [1.82, 2.24) is 9.97 Å². The van der Waals surface area contributed by atoms with Gasteiger partial charge in [0, 0.05) is 16.3 Å². The van der Waals surface area contributed by atoms with E-state index in [-0.39, 0.29) is 0 Å². The van der Waals surface area contributed by atoms with Gasteiger partial charge in [0.25, 0.3) is 0 Å². The van der Waals surface area contributed by atoms with Crippen molar-refractivity contribution in [2.24, 2.45) is 0 Å². The summed E-state index contributed by atoms with van der Waals surface area (Å²) in [5.74, 6) is 0.906. The minimum Gasteiger partial charge on any atom is -0.233 e. The van der Waals surface area contributed by atoms with Gasteiger partial charge < -0.3 is 0 Å². The van der Waals surface area contributed by atoms with E-state index in [1.165, 1.54) is 0 Å². The maximum Gasteiger partial charge on any atom is 0.130 e. The molecule has 16 heavy (non-hydrogen) atoms. The van der Waals surface area contributed by atoms with Crippen molar-refractivity contribution < 1.29 is 0 Å². The van der Waals surface area contributed by atoms with E-state index in [2.05, 4.69) is 55.7 Å². The number of hydrogen-bond donors (Lipinski definition) is 0. The van der Waals surface area contributed by atoms with Crippen LogP contribution in [0.15, 0.2) is 21.2 Å². The first-order valence-corrected chi connectivity index (χ1v) is 6.83. The van der Waals surface area contributed by atoms with Crippen LogP contribution in [0.25, 0.3) is 10.9 Å². The first-order chi connectivity index (χ1) is 7.63. The van der Waals surface area contributed by atoms with Crippen LogP contribution in [-0.4, -0.2) is 9.97 Å². The fourth-order valence-corrected chi connectivity index (χ4v) is 2.49. The van der Waals surface area contributed by atoms with Gasteiger partial charge in [-0.15, -0.1) is 0 Å². The smallest absolute Gasteiger partial charge is 0.130 e. The normalized spacial score (nSPS) is 11.0. The van der Waals surface area contributed by atoms with E-state index in [4.69, 9.17) is 0 Å². The lowest BCUT2D eigenvalue weighted by molar-refractivity contribution is 0.839. The molecule has 0 bridgehead atoms. The van der Waals surface area contributed by atoms with Gasteiger partial charge in [-0.1, -0.05) is 22.9 Å². The topological polar surface area (TPSA) is 25.8 Å². The number of aromatic nitrogens is 2. The maximum absolute atomic E-state index is 4.62. The van der Waals surface area contributed by atoms with E-state index in [0.29, 0.717) is 0 Å². The van der Waals surface area contributed by atoms with Gasteiger partial charge in [0.1, 0.15) is 10.4 Å². The maximum atomic E-state index is 4.62. The molecule has 4 heteroatoms. The minimum atomic E-state index is 0.886. The van der Waals surface area contributed by atoms with Crippen molar-refractivity contribution in [2.45, 2.75) is 26.7 Å². The Labute approximate surface area is 112 Å². The fraction of sp³-hybridized carbons (Fsp3) is 0.333. The van der Waals surface area contributed by atoms with Gasteiger partial charge in [0.2, 0.25) is 0 Å². The molecule has 0 saturated carbocycles. The number of aryl methyl sites for hydroxylation is 2. The molecule has 0 spiro atoms. The summed E-state index contributed by atoms with van der Waals surface area (Å²) in [4.78, 5) is 9.07. The van der Waals surface area contributed by atoms with Crippen molar-refractivity contribution in [3.63, 3.8) is 0 Å². The molecular formula is C12H12Br2N2. The first-order valence-electron chi connectivity index (χ1n) is 5.24. The van der Waals surface area contributed by atoms with Crippen molar-refractivity contribution in [3.05, 3.63) is 32.6 Å². The van der Waals surface area contributed by atoms with Crippen LogP contribution in [0.2, 0.25) is 0 Å². The highest BCUT2D eigenvalue weighted by Gasteiger charge is 2.09. The summed E-state index contributed by atoms with van der Waals surface area (Å²) in [5.41, 5.74) is 2.19. The average molecular weight is 344 g/mol. The SMILES string of the molecule is CCCc1nc(Br)c2ccc(Br)c(C)c2n1. The van der Waals surface area contributed by atoms with E-state index in [1.807, 2.05) is 12.1 Å². The Balaban J connectivity index is 2.73. The molecule has 1 heterocycles. The summed E-state index contributed by atoms with van der Waals surface area (Å²) in [5, 5.41) is 1.07. The van der Waals surface area contributed by atoms with Crippen molar-refractivity contribution in [1.29, 1.82) is 0 Å². The number of fused-ring (bicyclic) bond motifs is 1. The molecule has 0 radical (unpaired) electrons. The van der Waals surface area contributed by atoms with Crippen molar-refractivity contribution in [2.75, 3.05) is 0 Å². The molecule has 2 aromatic rings. The highest BCUT2D eigenvalue weighted by Crippen LogP contribution is 2.28. The van der Waals surface area contributed by atoms with Crippen LogP contribution in [0.3, 0.4) is 0 Å². The quantitative estimate of drug-likeness (QED) is 0.754. The van der Waals surface area contributed by atoms with Crippen LogP contribution >= 0.6 is 31.9 Å². The number of halogens is 2. The average Bonchev–Trinajstić information content (AvgIpc) is 2.25. The highest BCUT2D eigenvalue weighted by atomic mass is 79.9. The molecule has 0 unspecified atom stereocenters. The van der Waals surface area contributed by atoms with Gasteiger partial charge in [0.05, 0.1) is 5.52 Å². The van der Waals surface area contributed by atoms with Crippen LogP contribution < -0.4 is 0 Å². The third-order valence-electron chi connectivity index (χ3n) is 2.53. The lowest BCUT2D eigenvalue weighted by Crippen LogP contribution is -1.97. The number of benzene rings is 1. The predicted molar refractivity (Wildman–Crippen MR) is 73.7 cm³/mol. The summed E-state index contributed by atoms with van der Waals surface area (Å²) in [7, 11) is 0. The van der Waals surface area contributed by atoms with Gasteiger partial charge >= 0.3 is 0 Å². The molecule has 0 saturated heterocycles. The van der Waals surface area contributed by atoms with Crippen LogP contribution in [0.5, 0.6) is 0 Å². The van der Waals surface area contributed by atoms with Crippen LogP contribution in [0.4, 0.5) is 0 Å². The Morgan fingerprint density at radius 1 is 1.19 bits per heavy atom. The van der Waals surface area contributed by atoms with Crippen molar-refractivity contribution >= 4 is 42.8 Å². The number of rotatable bonds is 2. The van der Waals surface area contributed by atoms with Crippen molar-refractivity contribution in [3.8, 4) is 0 Å². The summed E-state index contributed by atoms with van der Waals surface area (Å²) in [6.45, 7) is 4.21. The lowest BCUT2D eigenvalue weighted by atomic mass is 10.1. The standard InChI is InChI=1S/C12H12Br2N2/c1-3-4-10-15-11-7(2)9(13)6-5-8(11)12(14)16-10/h5-6H,3-4H2,1-2H3.